The molecule has 0 radical (unpaired) electrons. The van der Waals surface area contributed by atoms with Crippen LogP contribution in [0.1, 0.15) is 103 Å². The first kappa shape index (κ1) is 29.7. The van der Waals surface area contributed by atoms with Crippen LogP contribution in [0.3, 0.4) is 0 Å². The summed E-state index contributed by atoms with van der Waals surface area (Å²) >= 11 is 0. The highest BCUT2D eigenvalue weighted by atomic mass is 35.5. The molecule has 0 amide bonds. The molecule has 0 saturated heterocycles. The normalized spacial score (nSPS) is 12.2. The predicted molar refractivity (Wildman–Crippen MR) is 125 cm³/mol. The van der Waals surface area contributed by atoms with Crippen molar-refractivity contribution in [2.75, 3.05) is 27.2 Å². The smallest absolute Gasteiger partial charge is 0.0782 e. The van der Waals surface area contributed by atoms with Crippen LogP contribution in [0, 0.1) is 0 Å². The summed E-state index contributed by atoms with van der Waals surface area (Å²) in [6.45, 7) is 12.6. The van der Waals surface area contributed by atoms with Crippen LogP contribution in [0.2, 0.25) is 25.7 Å². The zero-order valence-electron chi connectivity index (χ0n) is 20.1. The summed E-state index contributed by atoms with van der Waals surface area (Å²) < 4.78 is 1.24. The first-order chi connectivity index (χ1) is 12.3. The van der Waals surface area contributed by atoms with Gasteiger partial charge in [-0.1, -0.05) is 110 Å². The van der Waals surface area contributed by atoms with E-state index in [-0.39, 0.29) is 12.4 Å². The average molecular weight is 420 g/mol. The maximum atomic E-state index is 2.50. The highest BCUT2D eigenvalue weighted by Crippen LogP contribution is 2.15. The summed E-state index contributed by atoms with van der Waals surface area (Å²) in [5, 5.41) is 0. The third kappa shape index (κ3) is 24.4. The number of nitrogens with zero attached hydrogens (tertiary/aromatic N) is 1. The quantitative estimate of drug-likeness (QED) is 0.152. The Bertz CT molecular complexity index is 299. The summed E-state index contributed by atoms with van der Waals surface area (Å²) in [5.41, 5.74) is 0. The molecular weight excluding hydrogens is 366 g/mol. The lowest BCUT2D eigenvalue weighted by Crippen LogP contribution is -3.00. The summed E-state index contributed by atoms with van der Waals surface area (Å²) in [6.07, 6.45) is 21.9. The van der Waals surface area contributed by atoms with Gasteiger partial charge in [-0.05, 0) is 19.3 Å². The monoisotopic (exact) mass is 419 g/mol. The molecule has 0 N–H and O–H groups in total. The van der Waals surface area contributed by atoms with Crippen molar-refractivity contribution in [1.29, 1.82) is 0 Å². The molecule has 27 heavy (non-hydrogen) atoms. The Morgan fingerprint density at radius 1 is 0.519 bits per heavy atom. The Morgan fingerprint density at radius 2 is 0.852 bits per heavy atom. The van der Waals surface area contributed by atoms with Crippen molar-refractivity contribution >= 4 is 8.07 Å². The number of hydrogen-bond donors (Lipinski definition) is 0. The zero-order chi connectivity index (χ0) is 19.7. The molecule has 0 unspecified atom stereocenters. The van der Waals surface area contributed by atoms with Crippen molar-refractivity contribution in [1.82, 2.24) is 0 Å². The van der Waals surface area contributed by atoms with Crippen LogP contribution in [0.5, 0.6) is 0 Å². The van der Waals surface area contributed by atoms with Crippen molar-refractivity contribution in [3.63, 3.8) is 0 Å². The number of halogens is 1. The largest absolute Gasteiger partial charge is 1.00 e. The maximum Gasteiger partial charge on any atom is 0.0782 e. The van der Waals surface area contributed by atoms with E-state index in [0.29, 0.717) is 0 Å². The summed E-state index contributed by atoms with van der Waals surface area (Å²) in [5.74, 6) is 0. The summed E-state index contributed by atoms with van der Waals surface area (Å²) in [6, 6.07) is 1.49. The first-order valence-corrected chi connectivity index (χ1v) is 15.8. The van der Waals surface area contributed by atoms with Crippen molar-refractivity contribution in [2.24, 2.45) is 0 Å². The van der Waals surface area contributed by atoms with E-state index in [1.165, 1.54) is 120 Å². The molecule has 0 aromatic carbocycles. The number of unbranched alkanes of at least 4 members (excludes halogenated alkanes) is 13. The molecular formula is C24H54ClNSi. The molecule has 0 fully saturated rings. The molecule has 0 aliphatic rings. The van der Waals surface area contributed by atoms with Crippen molar-refractivity contribution < 1.29 is 16.9 Å². The summed E-state index contributed by atoms with van der Waals surface area (Å²) in [7, 11) is 4.03. The molecule has 166 valence electrons. The van der Waals surface area contributed by atoms with Gasteiger partial charge in [-0.25, -0.2) is 0 Å². The average Bonchev–Trinajstić information content (AvgIpc) is 2.53. The topological polar surface area (TPSA) is 0 Å². The molecule has 0 heterocycles. The Hall–Kier alpha value is 0.467. The molecule has 0 aliphatic carbocycles. The van der Waals surface area contributed by atoms with Gasteiger partial charge in [0.25, 0.3) is 0 Å². The highest BCUT2D eigenvalue weighted by Gasteiger charge is 2.18. The Balaban J connectivity index is 0. The summed E-state index contributed by atoms with van der Waals surface area (Å²) in [4.78, 5) is 0. The van der Waals surface area contributed by atoms with Gasteiger partial charge in [-0.15, -0.1) is 0 Å². The molecule has 0 rings (SSSR count). The molecule has 0 bridgehead atoms. The second-order valence-corrected chi connectivity index (χ2v) is 16.3. The van der Waals surface area contributed by atoms with Gasteiger partial charge < -0.3 is 16.9 Å². The van der Waals surface area contributed by atoms with E-state index in [2.05, 4.69) is 40.7 Å². The number of quaternary nitrogens is 1. The van der Waals surface area contributed by atoms with E-state index < -0.39 is 8.07 Å². The zero-order valence-corrected chi connectivity index (χ0v) is 21.8. The van der Waals surface area contributed by atoms with Crippen LogP contribution < -0.4 is 12.4 Å². The Labute approximate surface area is 181 Å². The van der Waals surface area contributed by atoms with Crippen LogP contribution in [0.25, 0.3) is 0 Å². The van der Waals surface area contributed by atoms with Crippen molar-refractivity contribution in [3.8, 4) is 0 Å². The molecule has 1 nitrogen and oxygen atoms in total. The lowest BCUT2D eigenvalue weighted by Gasteiger charge is -2.31. The van der Waals surface area contributed by atoms with Gasteiger partial charge in [-0.2, -0.15) is 0 Å². The van der Waals surface area contributed by atoms with Crippen LogP contribution in [-0.2, 0) is 0 Å². The fourth-order valence-corrected chi connectivity index (χ4v) is 5.10. The SMILES string of the molecule is CCCCCCCCCCCCCCCC[N+](C)(C)CCC[Si](C)(C)C.[Cl-]. The van der Waals surface area contributed by atoms with Gasteiger partial charge in [-0.3, -0.25) is 0 Å². The minimum atomic E-state index is -0.840. The molecule has 0 aromatic rings. The minimum Gasteiger partial charge on any atom is -1.00 e. The van der Waals surface area contributed by atoms with E-state index in [4.69, 9.17) is 0 Å². The van der Waals surface area contributed by atoms with Crippen molar-refractivity contribution in [2.45, 2.75) is 129 Å². The number of rotatable bonds is 19. The third-order valence-corrected chi connectivity index (χ3v) is 7.66. The van der Waals surface area contributed by atoms with Gasteiger partial charge in [0.1, 0.15) is 0 Å². The van der Waals surface area contributed by atoms with E-state index in [9.17, 15) is 0 Å². The van der Waals surface area contributed by atoms with Gasteiger partial charge in [0.2, 0.25) is 0 Å². The number of hydrogen-bond acceptors (Lipinski definition) is 0. The van der Waals surface area contributed by atoms with Gasteiger partial charge in [0.05, 0.1) is 27.2 Å². The first-order valence-electron chi connectivity index (χ1n) is 12.1. The van der Waals surface area contributed by atoms with Crippen molar-refractivity contribution in [3.05, 3.63) is 0 Å². The van der Waals surface area contributed by atoms with Crippen LogP contribution in [0.15, 0.2) is 0 Å². The van der Waals surface area contributed by atoms with E-state index in [0.717, 1.165) is 0 Å². The molecule has 3 heteroatoms. The van der Waals surface area contributed by atoms with Gasteiger partial charge in [0.15, 0.2) is 0 Å². The fraction of sp³-hybridized carbons (Fsp3) is 1.00. The molecule has 0 saturated carbocycles. The lowest BCUT2D eigenvalue weighted by atomic mass is 10.0. The second kappa shape index (κ2) is 18.5. The standard InChI is InChI=1S/C24H54NSi.ClH/c1-7-8-9-10-11-12-13-14-15-16-17-18-19-20-22-25(2,3)23-21-24-26(4,5)6;/h7-24H2,1-6H3;1H/q+1;/p-1. The Morgan fingerprint density at radius 3 is 1.22 bits per heavy atom. The fourth-order valence-electron chi connectivity index (χ4n) is 3.88. The maximum absolute atomic E-state index is 2.50. The molecule has 0 aromatic heterocycles. The predicted octanol–water partition coefficient (Wildman–Crippen LogP) is 5.28. The van der Waals surface area contributed by atoms with Gasteiger partial charge in [0, 0.05) is 8.07 Å². The molecule has 0 aliphatic heterocycles. The van der Waals surface area contributed by atoms with E-state index in [1.807, 2.05) is 0 Å². The molecule has 0 atom stereocenters. The van der Waals surface area contributed by atoms with Gasteiger partial charge >= 0.3 is 0 Å². The third-order valence-electron chi connectivity index (χ3n) is 5.81. The lowest BCUT2D eigenvalue weighted by molar-refractivity contribution is -0.890. The second-order valence-electron chi connectivity index (χ2n) is 10.6. The van der Waals surface area contributed by atoms with Crippen LogP contribution >= 0.6 is 0 Å². The van der Waals surface area contributed by atoms with Crippen LogP contribution in [-0.4, -0.2) is 39.7 Å². The minimum absolute atomic E-state index is 0. The van der Waals surface area contributed by atoms with E-state index >= 15 is 0 Å². The molecule has 0 spiro atoms. The van der Waals surface area contributed by atoms with Crippen LogP contribution in [0.4, 0.5) is 0 Å². The highest BCUT2D eigenvalue weighted by molar-refractivity contribution is 6.76. The Kier molecular flexibility index (Phi) is 20.3. The van der Waals surface area contributed by atoms with E-state index in [1.54, 1.807) is 0 Å².